The van der Waals surface area contributed by atoms with Gasteiger partial charge in [-0.2, -0.15) is 0 Å². The van der Waals surface area contributed by atoms with E-state index in [2.05, 4.69) is 24.3 Å². The maximum absolute atomic E-state index is 12.1. The summed E-state index contributed by atoms with van der Waals surface area (Å²) < 4.78 is 5.14. The van der Waals surface area contributed by atoms with E-state index in [0.717, 1.165) is 44.2 Å². The molecule has 1 saturated carbocycles. The molecule has 1 aromatic rings. The number of aliphatic hydroxyl groups excluding tert-OH is 1. The molecule has 20 heavy (non-hydrogen) atoms. The summed E-state index contributed by atoms with van der Waals surface area (Å²) in [5.74, 6) is 0.297. The largest absolute Gasteiger partial charge is 0.391 e. The second-order valence-electron chi connectivity index (χ2n) is 5.56. The lowest BCUT2D eigenvalue weighted by Gasteiger charge is -2.27. The molecule has 1 amide bonds. The topological polar surface area (TPSA) is 75.4 Å². The third kappa shape index (κ3) is 3.39. The van der Waals surface area contributed by atoms with Gasteiger partial charge in [-0.05, 0) is 25.7 Å². The number of aliphatic hydroxyl groups is 1. The van der Waals surface area contributed by atoms with Gasteiger partial charge in [-0.15, -0.1) is 0 Å². The van der Waals surface area contributed by atoms with Crippen LogP contribution >= 0.6 is 0 Å². The van der Waals surface area contributed by atoms with Gasteiger partial charge in [0.15, 0.2) is 0 Å². The molecule has 5 heteroatoms. The van der Waals surface area contributed by atoms with Crippen molar-refractivity contribution in [1.29, 1.82) is 0 Å². The van der Waals surface area contributed by atoms with Crippen molar-refractivity contribution in [3.05, 3.63) is 17.5 Å². The van der Waals surface area contributed by atoms with E-state index in [9.17, 15) is 9.90 Å². The molecule has 0 spiro atoms. The highest BCUT2D eigenvalue weighted by molar-refractivity contribution is 5.91. The SMILES string of the molecule is CCC(CC)c1cc(C(=O)NC2CCCCC2O)on1. The first kappa shape index (κ1) is 15.0. The molecule has 0 aromatic carbocycles. The van der Waals surface area contributed by atoms with Gasteiger partial charge in [-0.3, -0.25) is 4.79 Å². The van der Waals surface area contributed by atoms with E-state index in [4.69, 9.17) is 4.52 Å². The smallest absolute Gasteiger partial charge is 0.290 e. The number of carbonyl (C=O) groups is 1. The molecule has 1 aliphatic carbocycles. The zero-order valence-corrected chi connectivity index (χ0v) is 12.3. The first-order chi connectivity index (χ1) is 9.65. The predicted octanol–water partition coefficient (Wildman–Crippen LogP) is 2.61. The Bertz CT molecular complexity index is 440. The van der Waals surface area contributed by atoms with Crippen LogP contribution in [0.3, 0.4) is 0 Å². The maximum atomic E-state index is 12.1. The number of hydrogen-bond acceptors (Lipinski definition) is 4. The minimum absolute atomic E-state index is 0.169. The summed E-state index contributed by atoms with van der Waals surface area (Å²) in [4.78, 5) is 12.1. The summed E-state index contributed by atoms with van der Waals surface area (Å²) in [5, 5.41) is 16.7. The van der Waals surface area contributed by atoms with E-state index < -0.39 is 6.10 Å². The van der Waals surface area contributed by atoms with Crippen molar-refractivity contribution in [2.75, 3.05) is 0 Å². The van der Waals surface area contributed by atoms with Crippen molar-refractivity contribution in [3.8, 4) is 0 Å². The average Bonchev–Trinajstić information content (AvgIpc) is 2.92. The van der Waals surface area contributed by atoms with Crippen LogP contribution in [0.2, 0.25) is 0 Å². The molecule has 1 aromatic heterocycles. The fraction of sp³-hybridized carbons (Fsp3) is 0.733. The molecule has 2 rings (SSSR count). The Balaban J connectivity index is 1.98. The van der Waals surface area contributed by atoms with Gasteiger partial charge in [0.25, 0.3) is 5.91 Å². The highest BCUT2D eigenvalue weighted by Crippen LogP contribution is 2.23. The van der Waals surface area contributed by atoms with Crippen LogP contribution in [0.15, 0.2) is 10.6 Å². The standard InChI is InChI=1S/C15H24N2O3/c1-3-10(4-2)12-9-14(20-17-12)15(19)16-11-7-5-6-8-13(11)18/h9-11,13,18H,3-8H2,1-2H3,(H,16,19). The van der Waals surface area contributed by atoms with Crippen LogP contribution < -0.4 is 5.32 Å². The van der Waals surface area contributed by atoms with Gasteiger partial charge in [0, 0.05) is 12.0 Å². The summed E-state index contributed by atoms with van der Waals surface area (Å²) >= 11 is 0. The van der Waals surface area contributed by atoms with Gasteiger partial charge in [-0.25, -0.2) is 0 Å². The van der Waals surface area contributed by atoms with Crippen molar-refractivity contribution in [2.24, 2.45) is 0 Å². The van der Waals surface area contributed by atoms with E-state index >= 15 is 0 Å². The number of nitrogens with one attached hydrogen (secondary N) is 1. The highest BCUT2D eigenvalue weighted by atomic mass is 16.5. The van der Waals surface area contributed by atoms with Crippen molar-refractivity contribution in [1.82, 2.24) is 10.5 Å². The molecule has 0 saturated heterocycles. The molecule has 0 bridgehead atoms. The zero-order valence-electron chi connectivity index (χ0n) is 12.3. The molecule has 2 unspecified atom stereocenters. The lowest BCUT2D eigenvalue weighted by Crippen LogP contribution is -2.44. The van der Waals surface area contributed by atoms with Crippen molar-refractivity contribution < 1.29 is 14.4 Å². The predicted molar refractivity (Wildman–Crippen MR) is 75.6 cm³/mol. The summed E-state index contributed by atoms with van der Waals surface area (Å²) in [7, 11) is 0. The summed E-state index contributed by atoms with van der Waals surface area (Å²) in [6.07, 6.45) is 5.14. The van der Waals surface area contributed by atoms with Gasteiger partial charge >= 0.3 is 0 Å². The Morgan fingerprint density at radius 3 is 2.80 bits per heavy atom. The van der Waals surface area contributed by atoms with Crippen LogP contribution in [-0.4, -0.2) is 28.3 Å². The maximum Gasteiger partial charge on any atom is 0.290 e. The molecule has 1 heterocycles. The van der Waals surface area contributed by atoms with E-state index in [-0.39, 0.29) is 17.7 Å². The number of aromatic nitrogens is 1. The fourth-order valence-electron chi connectivity index (χ4n) is 2.81. The van der Waals surface area contributed by atoms with Crippen LogP contribution in [-0.2, 0) is 0 Å². The number of nitrogens with zero attached hydrogens (tertiary/aromatic N) is 1. The van der Waals surface area contributed by atoms with Gasteiger partial charge < -0.3 is 14.9 Å². The molecule has 1 aliphatic rings. The third-order valence-electron chi connectivity index (χ3n) is 4.20. The highest BCUT2D eigenvalue weighted by Gasteiger charge is 2.26. The van der Waals surface area contributed by atoms with Crippen LogP contribution in [0, 0.1) is 0 Å². The van der Waals surface area contributed by atoms with E-state index in [1.54, 1.807) is 6.07 Å². The monoisotopic (exact) mass is 280 g/mol. The second kappa shape index (κ2) is 6.88. The lowest BCUT2D eigenvalue weighted by atomic mass is 9.92. The van der Waals surface area contributed by atoms with Crippen molar-refractivity contribution in [3.63, 3.8) is 0 Å². The number of hydrogen-bond donors (Lipinski definition) is 2. The van der Waals surface area contributed by atoms with E-state index in [1.807, 2.05) is 0 Å². The lowest BCUT2D eigenvalue weighted by molar-refractivity contribution is 0.0692. The molecule has 2 atom stereocenters. The zero-order chi connectivity index (χ0) is 14.5. The van der Waals surface area contributed by atoms with Gasteiger partial charge in [0.1, 0.15) is 0 Å². The molecule has 1 fully saturated rings. The molecular formula is C15H24N2O3. The minimum Gasteiger partial charge on any atom is -0.391 e. The van der Waals surface area contributed by atoms with Crippen LogP contribution in [0.25, 0.3) is 0 Å². The fourth-order valence-corrected chi connectivity index (χ4v) is 2.81. The van der Waals surface area contributed by atoms with E-state index in [1.165, 1.54) is 0 Å². The van der Waals surface area contributed by atoms with Gasteiger partial charge in [0.2, 0.25) is 5.76 Å². The van der Waals surface area contributed by atoms with Crippen LogP contribution in [0.1, 0.15) is 74.5 Å². The number of amides is 1. The summed E-state index contributed by atoms with van der Waals surface area (Å²) in [6, 6.07) is 1.56. The first-order valence-corrected chi connectivity index (χ1v) is 7.61. The van der Waals surface area contributed by atoms with Gasteiger partial charge in [0.05, 0.1) is 17.8 Å². The molecule has 5 nitrogen and oxygen atoms in total. The van der Waals surface area contributed by atoms with Crippen molar-refractivity contribution in [2.45, 2.75) is 70.4 Å². The average molecular weight is 280 g/mol. The van der Waals surface area contributed by atoms with E-state index in [0.29, 0.717) is 5.92 Å². The second-order valence-corrected chi connectivity index (χ2v) is 5.56. The summed E-state index contributed by atoms with van der Waals surface area (Å²) in [5.41, 5.74) is 0.837. The van der Waals surface area contributed by atoms with Crippen LogP contribution in [0.5, 0.6) is 0 Å². The molecule has 0 radical (unpaired) electrons. The third-order valence-corrected chi connectivity index (χ3v) is 4.20. The Kier molecular flexibility index (Phi) is 5.17. The first-order valence-electron chi connectivity index (χ1n) is 7.61. The van der Waals surface area contributed by atoms with Gasteiger partial charge in [-0.1, -0.05) is 31.8 Å². The van der Waals surface area contributed by atoms with Crippen LogP contribution in [0.4, 0.5) is 0 Å². The number of rotatable bonds is 5. The minimum atomic E-state index is -0.450. The Morgan fingerprint density at radius 2 is 2.15 bits per heavy atom. The molecule has 0 aliphatic heterocycles. The quantitative estimate of drug-likeness (QED) is 0.869. The molecular weight excluding hydrogens is 256 g/mol. The molecule has 2 N–H and O–H groups in total. The Hall–Kier alpha value is -1.36. The Morgan fingerprint density at radius 1 is 1.45 bits per heavy atom. The number of carbonyl (C=O) groups excluding carboxylic acids is 1. The normalized spacial score (nSPS) is 23.0. The summed E-state index contributed by atoms with van der Waals surface area (Å²) in [6.45, 7) is 4.20. The Labute approximate surface area is 119 Å². The molecule has 112 valence electrons. The van der Waals surface area contributed by atoms with Crippen molar-refractivity contribution >= 4 is 5.91 Å².